The highest BCUT2D eigenvalue weighted by molar-refractivity contribution is 5.91. The number of fused-ring (bicyclic) bond motifs is 1. The molecule has 1 fully saturated rings. The summed E-state index contributed by atoms with van der Waals surface area (Å²) in [6.45, 7) is 2.52. The third-order valence-electron chi connectivity index (χ3n) is 4.29. The molecule has 2 aromatic heterocycles. The van der Waals surface area contributed by atoms with Crippen molar-refractivity contribution in [3.63, 3.8) is 0 Å². The van der Waals surface area contributed by atoms with Crippen molar-refractivity contribution in [2.45, 2.75) is 6.04 Å². The van der Waals surface area contributed by atoms with Crippen molar-refractivity contribution >= 4 is 10.9 Å². The van der Waals surface area contributed by atoms with Crippen LogP contribution in [0.5, 0.6) is 0 Å². The lowest BCUT2D eigenvalue weighted by molar-refractivity contribution is 0.190. The summed E-state index contributed by atoms with van der Waals surface area (Å²) >= 11 is 0. The molecule has 1 aliphatic heterocycles. The van der Waals surface area contributed by atoms with E-state index in [0.29, 0.717) is 22.3 Å². The molecule has 124 valence electrons. The SMILES string of the molecule is CN1CCNCC1c1noc(-c2cc(=O)[nH]c3ccc(F)cc23)n1. The Kier molecular flexibility index (Phi) is 3.62. The summed E-state index contributed by atoms with van der Waals surface area (Å²) in [6, 6.07) is 5.51. The van der Waals surface area contributed by atoms with E-state index < -0.39 is 5.82 Å². The summed E-state index contributed by atoms with van der Waals surface area (Å²) in [5.41, 5.74) is 0.647. The van der Waals surface area contributed by atoms with Gasteiger partial charge in [0.2, 0.25) is 5.56 Å². The predicted octanol–water partition coefficient (Wildman–Crippen LogP) is 1.29. The van der Waals surface area contributed by atoms with Crippen molar-refractivity contribution in [3.05, 3.63) is 46.3 Å². The van der Waals surface area contributed by atoms with Crippen molar-refractivity contribution in [1.29, 1.82) is 0 Å². The average molecular weight is 329 g/mol. The predicted molar refractivity (Wildman–Crippen MR) is 86.1 cm³/mol. The topological polar surface area (TPSA) is 87.0 Å². The molecule has 0 spiro atoms. The van der Waals surface area contributed by atoms with Gasteiger partial charge >= 0.3 is 0 Å². The summed E-state index contributed by atoms with van der Waals surface area (Å²) in [6.07, 6.45) is 0. The van der Waals surface area contributed by atoms with Gasteiger partial charge in [0.1, 0.15) is 5.82 Å². The second-order valence-electron chi connectivity index (χ2n) is 5.90. The van der Waals surface area contributed by atoms with Crippen molar-refractivity contribution in [3.8, 4) is 11.5 Å². The Labute approximate surface area is 136 Å². The smallest absolute Gasteiger partial charge is 0.258 e. The molecule has 3 aromatic rings. The number of rotatable bonds is 2. The van der Waals surface area contributed by atoms with E-state index in [4.69, 9.17) is 4.52 Å². The lowest BCUT2D eigenvalue weighted by atomic mass is 10.1. The van der Waals surface area contributed by atoms with E-state index in [0.717, 1.165) is 19.6 Å². The molecule has 0 bridgehead atoms. The van der Waals surface area contributed by atoms with Gasteiger partial charge in [-0.05, 0) is 25.2 Å². The highest BCUT2D eigenvalue weighted by Crippen LogP contribution is 2.27. The summed E-state index contributed by atoms with van der Waals surface area (Å²) < 4.78 is 19.0. The van der Waals surface area contributed by atoms with Crippen molar-refractivity contribution in [2.75, 3.05) is 26.7 Å². The van der Waals surface area contributed by atoms with Gasteiger partial charge in [-0.15, -0.1) is 0 Å². The van der Waals surface area contributed by atoms with Crippen LogP contribution in [-0.4, -0.2) is 46.7 Å². The number of pyridine rings is 1. The molecule has 0 saturated carbocycles. The number of aromatic nitrogens is 3. The van der Waals surface area contributed by atoms with E-state index in [1.54, 1.807) is 0 Å². The largest absolute Gasteiger partial charge is 0.334 e. The van der Waals surface area contributed by atoms with E-state index in [1.807, 2.05) is 7.05 Å². The van der Waals surface area contributed by atoms with Gasteiger partial charge in [0.15, 0.2) is 5.82 Å². The number of hydrogen-bond donors (Lipinski definition) is 2. The van der Waals surface area contributed by atoms with Gasteiger partial charge in [0.05, 0.1) is 11.6 Å². The van der Waals surface area contributed by atoms with Crippen LogP contribution < -0.4 is 10.9 Å². The summed E-state index contributed by atoms with van der Waals surface area (Å²) in [4.78, 5) is 21.1. The van der Waals surface area contributed by atoms with E-state index in [9.17, 15) is 9.18 Å². The molecule has 0 amide bonds. The quantitative estimate of drug-likeness (QED) is 0.737. The Balaban J connectivity index is 1.81. The van der Waals surface area contributed by atoms with Crippen LogP contribution in [0.3, 0.4) is 0 Å². The van der Waals surface area contributed by atoms with Crippen LogP contribution in [0, 0.1) is 5.82 Å². The zero-order chi connectivity index (χ0) is 16.7. The standard InChI is InChI=1S/C16H16FN5O2/c1-22-5-4-18-8-13(22)15-20-16(24-21-15)11-7-14(23)19-12-3-2-9(17)6-10(11)12/h2-3,6-7,13,18H,4-5,8H2,1H3,(H,19,23). The van der Waals surface area contributed by atoms with Crippen molar-refractivity contribution < 1.29 is 8.91 Å². The van der Waals surface area contributed by atoms with Crippen molar-refractivity contribution in [2.24, 2.45) is 0 Å². The average Bonchev–Trinajstić information content (AvgIpc) is 3.04. The fourth-order valence-corrected chi connectivity index (χ4v) is 2.98. The molecular weight excluding hydrogens is 313 g/mol. The molecule has 1 saturated heterocycles. The number of hydrogen-bond acceptors (Lipinski definition) is 6. The summed E-state index contributed by atoms with van der Waals surface area (Å²) in [7, 11) is 2.00. The first-order valence-corrected chi connectivity index (χ1v) is 7.69. The lowest BCUT2D eigenvalue weighted by Gasteiger charge is -2.30. The van der Waals surface area contributed by atoms with Gasteiger partial charge in [-0.3, -0.25) is 9.69 Å². The van der Waals surface area contributed by atoms with Gasteiger partial charge in [0, 0.05) is 36.6 Å². The minimum Gasteiger partial charge on any atom is -0.334 e. The highest BCUT2D eigenvalue weighted by atomic mass is 19.1. The molecule has 0 radical (unpaired) electrons. The monoisotopic (exact) mass is 329 g/mol. The molecule has 1 aliphatic rings. The zero-order valence-corrected chi connectivity index (χ0v) is 13.0. The van der Waals surface area contributed by atoms with Gasteiger partial charge in [0.25, 0.3) is 5.89 Å². The van der Waals surface area contributed by atoms with Crippen LogP contribution in [-0.2, 0) is 0 Å². The molecule has 1 aromatic carbocycles. The number of likely N-dealkylation sites (N-methyl/N-ethyl adjacent to an activating group) is 1. The Morgan fingerprint density at radius 1 is 1.38 bits per heavy atom. The normalized spacial score (nSPS) is 19.0. The van der Waals surface area contributed by atoms with Crippen LogP contribution in [0.15, 0.2) is 33.6 Å². The maximum atomic E-state index is 13.6. The second-order valence-corrected chi connectivity index (χ2v) is 5.90. The van der Waals surface area contributed by atoms with Crippen LogP contribution >= 0.6 is 0 Å². The van der Waals surface area contributed by atoms with Gasteiger partial charge in [-0.25, -0.2) is 4.39 Å². The number of aromatic amines is 1. The van der Waals surface area contributed by atoms with Gasteiger partial charge in [-0.1, -0.05) is 5.16 Å². The number of piperazine rings is 1. The maximum Gasteiger partial charge on any atom is 0.258 e. The number of benzene rings is 1. The second kappa shape index (κ2) is 5.81. The highest BCUT2D eigenvalue weighted by Gasteiger charge is 2.26. The molecule has 0 aliphatic carbocycles. The number of nitrogens with zero attached hydrogens (tertiary/aromatic N) is 3. The van der Waals surface area contributed by atoms with Gasteiger partial charge < -0.3 is 14.8 Å². The molecule has 8 heteroatoms. The van der Waals surface area contributed by atoms with Crippen LogP contribution in [0.25, 0.3) is 22.4 Å². The van der Waals surface area contributed by atoms with E-state index >= 15 is 0 Å². The molecule has 1 atom stereocenters. The third kappa shape index (κ3) is 2.59. The third-order valence-corrected chi connectivity index (χ3v) is 4.29. The molecule has 7 nitrogen and oxygen atoms in total. The molecule has 2 N–H and O–H groups in total. The van der Waals surface area contributed by atoms with Crippen molar-refractivity contribution in [1.82, 2.24) is 25.3 Å². The minimum absolute atomic E-state index is 0.00115. The Morgan fingerprint density at radius 3 is 3.08 bits per heavy atom. The summed E-state index contributed by atoms with van der Waals surface area (Å²) in [5.74, 6) is 0.363. The number of halogens is 1. The van der Waals surface area contributed by atoms with Crippen LogP contribution in [0.4, 0.5) is 4.39 Å². The lowest BCUT2D eigenvalue weighted by Crippen LogP contribution is -2.44. The Bertz CT molecular complexity index is 951. The first-order valence-electron chi connectivity index (χ1n) is 7.69. The van der Waals surface area contributed by atoms with Crippen LogP contribution in [0.2, 0.25) is 0 Å². The zero-order valence-electron chi connectivity index (χ0n) is 13.0. The first kappa shape index (κ1) is 15.0. The van der Waals surface area contributed by atoms with Gasteiger partial charge in [-0.2, -0.15) is 4.98 Å². The Hall–Kier alpha value is -2.58. The minimum atomic E-state index is -0.397. The van der Waals surface area contributed by atoms with Crippen LogP contribution in [0.1, 0.15) is 11.9 Å². The van der Waals surface area contributed by atoms with E-state index in [1.165, 1.54) is 24.3 Å². The fourth-order valence-electron chi connectivity index (χ4n) is 2.98. The first-order chi connectivity index (χ1) is 11.6. The number of H-pyrrole nitrogens is 1. The molecule has 4 rings (SSSR count). The summed E-state index contributed by atoms with van der Waals surface area (Å²) in [5, 5.41) is 7.87. The Morgan fingerprint density at radius 2 is 2.25 bits per heavy atom. The van der Waals surface area contributed by atoms with E-state index in [2.05, 4.69) is 25.3 Å². The molecule has 1 unspecified atom stereocenters. The number of nitrogens with one attached hydrogen (secondary N) is 2. The molecule has 24 heavy (non-hydrogen) atoms. The van der Waals surface area contributed by atoms with E-state index in [-0.39, 0.29) is 17.5 Å². The molecular formula is C16H16FN5O2. The molecule has 3 heterocycles. The fraction of sp³-hybridized carbons (Fsp3) is 0.312. The maximum absolute atomic E-state index is 13.6.